The third kappa shape index (κ3) is 4.11. The standard InChI is InChI=1S/C19H27FN2O/c20-16-9-7-14(8-10-16)12-15-4-3-11-22(13-15)19(23)17-5-1-2-6-18(17)21/h7-10,15,17-18H,1-6,11-13,21H2/t15-,17+,18+/m0/s1. The molecule has 0 bridgehead atoms. The van der Waals surface area contributed by atoms with Crippen LogP contribution in [-0.4, -0.2) is 29.9 Å². The summed E-state index contributed by atoms with van der Waals surface area (Å²) in [7, 11) is 0. The molecule has 1 aliphatic heterocycles. The van der Waals surface area contributed by atoms with Gasteiger partial charge in [-0.05, 0) is 55.7 Å². The molecule has 126 valence electrons. The summed E-state index contributed by atoms with van der Waals surface area (Å²) >= 11 is 0. The lowest BCUT2D eigenvalue weighted by atomic mass is 9.83. The minimum atomic E-state index is -0.194. The second-order valence-corrected chi connectivity index (χ2v) is 7.18. The third-order valence-corrected chi connectivity index (χ3v) is 5.40. The summed E-state index contributed by atoms with van der Waals surface area (Å²) in [5.74, 6) is 0.563. The van der Waals surface area contributed by atoms with Gasteiger partial charge in [0.15, 0.2) is 0 Å². The Morgan fingerprint density at radius 1 is 1.13 bits per heavy atom. The van der Waals surface area contributed by atoms with Crippen molar-refractivity contribution in [3.8, 4) is 0 Å². The van der Waals surface area contributed by atoms with E-state index in [0.29, 0.717) is 5.92 Å². The van der Waals surface area contributed by atoms with Gasteiger partial charge in [0.2, 0.25) is 5.91 Å². The van der Waals surface area contributed by atoms with Crippen molar-refractivity contribution in [3.05, 3.63) is 35.6 Å². The highest BCUT2D eigenvalue weighted by Gasteiger charge is 2.33. The number of nitrogens with two attached hydrogens (primary N) is 1. The number of piperidine rings is 1. The molecule has 3 atom stereocenters. The molecule has 3 rings (SSSR count). The van der Waals surface area contributed by atoms with Gasteiger partial charge in [-0.25, -0.2) is 4.39 Å². The van der Waals surface area contributed by atoms with Crippen LogP contribution in [-0.2, 0) is 11.2 Å². The Bertz CT molecular complexity index is 531. The van der Waals surface area contributed by atoms with Gasteiger partial charge in [-0.2, -0.15) is 0 Å². The van der Waals surface area contributed by atoms with Crippen molar-refractivity contribution in [2.24, 2.45) is 17.6 Å². The van der Waals surface area contributed by atoms with Crippen LogP contribution < -0.4 is 5.73 Å². The van der Waals surface area contributed by atoms with Crippen molar-refractivity contribution in [1.82, 2.24) is 4.90 Å². The summed E-state index contributed by atoms with van der Waals surface area (Å²) in [5.41, 5.74) is 7.33. The van der Waals surface area contributed by atoms with Crippen LogP contribution >= 0.6 is 0 Å². The molecule has 0 unspecified atom stereocenters. The second kappa shape index (κ2) is 7.43. The molecule has 1 saturated heterocycles. The SMILES string of the molecule is N[C@@H]1CCCC[C@H]1C(=O)N1CCC[C@@H](Cc2ccc(F)cc2)C1. The molecular weight excluding hydrogens is 291 g/mol. The van der Waals surface area contributed by atoms with E-state index in [2.05, 4.69) is 0 Å². The number of rotatable bonds is 3. The molecule has 4 heteroatoms. The molecule has 2 aliphatic rings. The molecule has 1 aliphatic carbocycles. The van der Waals surface area contributed by atoms with E-state index < -0.39 is 0 Å². The van der Waals surface area contributed by atoms with Crippen LogP contribution in [0.3, 0.4) is 0 Å². The number of amides is 1. The lowest BCUT2D eigenvalue weighted by Crippen LogP contribution is -2.49. The molecule has 1 heterocycles. The Hall–Kier alpha value is -1.42. The summed E-state index contributed by atoms with van der Waals surface area (Å²) < 4.78 is 13.0. The monoisotopic (exact) mass is 318 g/mol. The van der Waals surface area contributed by atoms with Gasteiger partial charge in [0, 0.05) is 19.1 Å². The molecule has 1 amide bonds. The van der Waals surface area contributed by atoms with Gasteiger partial charge in [0.05, 0.1) is 5.92 Å². The summed E-state index contributed by atoms with van der Waals surface area (Å²) in [6.45, 7) is 1.68. The lowest BCUT2D eigenvalue weighted by molar-refractivity contribution is -0.139. The van der Waals surface area contributed by atoms with E-state index in [0.717, 1.165) is 63.6 Å². The lowest BCUT2D eigenvalue weighted by Gasteiger charge is -2.37. The van der Waals surface area contributed by atoms with Crippen LogP contribution in [0.5, 0.6) is 0 Å². The zero-order valence-corrected chi connectivity index (χ0v) is 13.7. The Balaban J connectivity index is 1.59. The van der Waals surface area contributed by atoms with Crippen molar-refractivity contribution in [1.29, 1.82) is 0 Å². The first-order valence-electron chi connectivity index (χ1n) is 8.92. The third-order valence-electron chi connectivity index (χ3n) is 5.40. The maximum atomic E-state index is 13.0. The fourth-order valence-corrected chi connectivity index (χ4v) is 4.09. The first-order valence-corrected chi connectivity index (χ1v) is 8.92. The summed E-state index contributed by atoms with van der Waals surface area (Å²) in [4.78, 5) is 14.8. The van der Waals surface area contributed by atoms with E-state index in [1.807, 2.05) is 17.0 Å². The van der Waals surface area contributed by atoms with Crippen LogP contribution in [0.25, 0.3) is 0 Å². The molecule has 1 saturated carbocycles. The Morgan fingerprint density at radius 2 is 1.87 bits per heavy atom. The minimum absolute atomic E-state index is 0.0216. The number of carbonyl (C=O) groups excluding carboxylic acids is 1. The van der Waals surface area contributed by atoms with Gasteiger partial charge in [-0.1, -0.05) is 25.0 Å². The predicted octanol–water partition coefficient (Wildman–Crippen LogP) is 3.12. The highest BCUT2D eigenvalue weighted by atomic mass is 19.1. The number of halogens is 1. The fraction of sp³-hybridized carbons (Fsp3) is 0.632. The predicted molar refractivity (Wildman–Crippen MR) is 89.3 cm³/mol. The average Bonchev–Trinajstić information content (AvgIpc) is 2.57. The van der Waals surface area contributed by atoms with Crippen molar-refractivity contribution in [2.45, 2.75) is 51.0 Å². The fourth-order valence-electron chi connectivity index (χ4n) is 4.09. The van der Waals surface area contributed by atoms with Crippen LogP contribution in [0.15, 0.2) is 24.3 Å². The number of nitrogens with zero attached hydrogens (tertiary/aromatic N) is 1. The molecule has 23 heavy (non-hydrogen) atoms. The van der Waals surface area contributed by atoms with Gasteiger partial charge in [-0.15, -0.1) is 0 Å². The molecule has 1 aromatic carbocycles. The zero-order valence-electron chi connectivity index (χ0n) is 13.7. The largest absolute Gasteiger partial charge is 0.342 e. The average molecular weight is 318 g/mol. The van der Waals surface area contributed by atoms with E-state index in [4.69, 9.17) is 5.73 Å². The topological polar surface area (TPSA) is 46.3 Å². The maximum absolute atomic E-state index is 13.0. The van der Waals surface area contributed by atoms with Crippen LogP contribution in [0, 0.1) is 17.7 Å². The normalized spacial score (nSPS) is 28.6. The smallest absolute Gasteiger partial charge is 0.227 e. The van der Waals surface area contributed by atoms with E-state index in [-0.39, 0.29) is 23.7 Å². The molecule has 2 N–H and O–H groups in total. The highest BCUT2D eigenvalue weighted by Crippen LogP contribution is 2.28. The number of carbonyl (C=O) groups is 1. The molecule has 0 spiro atoms. The molecule has 2 fully saturated rings. The molecular formula is C19H27FN2O. The van der Waals surface area contributed by atoms with Crippen molar-refractivity contribution in [3.63, 3.8) is 0 Å². The molecule has 1 aromatic rings. The molecule has 0 radical (unpaired) electrons. The van der Waals surface area contributed by atoms with Crippen LogP contribution in [0.2, 0.25) is 0 Å². The van der Waals surface area contributed by atoms with Gasteiger partial charge in [-0.3, -0.25) is 4.79 Å². The van der Waals surface area contributed by atoms with Crippen LogP contribution in [0.1, 0.15) is 44.1 Å². The van der Waals surface area contributed by atoms with E-state index in [1.165, 1.54) is 12.1 Å². The van der Waals surface area contributed by atoms with Gasteiger partial charge in [0.1, 0.15) is 5.82 Å². The summed E-state index contributed by atoms with van der Waals surface area (Å²) in [6.07, 6.45) is 7.30. The summed E-state index contributed by atoms with van der Waals surface area (Å²) in [5, 5.41) is 0. The van der Waals surface area contributed by atoms with E-state index in [1.54, 1.807) is 0 Å². The number of hydrogen-bond donors (Lipinski definition) is 1. The number of likely N-dealkylation sites (tertiary alicyclic amines) is 1. The quantitative estimate of drug-likeness (QED) is 0.931. The highest BCUT2D eigenvalue weighted by molar-refractivity contribution is 5.79. The van der Waals surface area contributed by atoms with Crippen LogP contribution in [0.4, 0.5) is 4.39 Å². The van der Waals surface area contributed by atoms with Gasteiger partial charge < -0.3 is 10.6 Å². The minimum Gasteiger partial charge on any atom is -0.342 e. The first kappa shape index (κ1) is 16.4. The van der Waals surface area contributed by atoms with E-state index in [9.17, 15) is 9.18 Å². The van der Waals surface area contributed by atoms with Crippen molar-refractivity contribution < 1.29 is 9.18 Å². The van der Waals surface area contributed by atoms with Gasteiger partial charge >= 0.3 is 0 Å². The molecule has 0 aromatic heterocycles. The van der Waals surface area contributed by atoms with E-state index >= 15 is 0 Å². The second-order valence-electron chi connectivity index (χ2n) is 7.18. The van der Waals surface area contributed by atoms with Gasteiger partial charge in [0.25, 0.3) is 0 Å². The van der Waals surface area contributed by atoms with Crippen molar-refractivity contribution in [2.75, 3.05) is 13.1 Å². The Morgan fingerprint density at radius 3 is 2.61 bits per heavy atom. The first-order chi connectivity index (χ1) is 11.1. The van der Waals surface area contributed by atoms with Crippen molar-refractivity contribution >= 4 is 5.91 Å². The molecule has 3 nitrogen and oxygen atoms in total. The number of benzene rings is 1. The Labute approximate surface area is 138 Å². The Kier molecular flexibility index (Phi) is 5.31. The summed E-state index contributed by atoms with van der Waals surface area (Å²) in [6, 6.07) is 6.78. The number of hydrogen-bond acceptors (Lipinski definition) is 2. The zero-order chi connectivity index (χ0) is 16.2. The maximum Gasteiger partial charge on any atom is 0.227 e.